The Bertz CT molecular complexity index is 777. The second-order valence-electron chi connectivity index (χ2n) is 7.30. The van der Waals surface area contributed by atoms with Crippen LogP contribution in [0.1, 0.15) is 54.6 Å². The van der Waals surface area contributed by atoms with Crippen LogP contribution in [0.2, 0.25) is 0 Å². The quantitative estimate of drug-likeness (QED) is 0.669. The van der Waals surface area contributed by atoms with E-state index in [2.05, 4.69) is 41.4 Å². The van der Waals surface area contributed by atoms with Crippen molar-refractivity contribution < 1.29 is 9.59 Å². The zero-order chi connectivity index (χ0) is 19.2. The van der Waals surface area contributed by atoms with Crippen molar-refractivity contribution >= 4 is 17.4 Å². The number of carbonyl (C=O) groups excluding carboxylic acids is 2. The number of carbonyl (C=O) groups is 2. The normalized spacial score (nSPS) is 13.6. The number of anilines is 1. The van der Waals surface area contributed by atoms with Gasteiger partial charge in [0.25, 0.3) is 0 Å². The lowest BCUT2D eigenvalue weighted by atomic mass is 10.1. The van der Waals surface area contributed by atoms with Gasteiger partial charge in [0, 0.05) is 36.8 Å². The number of nitrogens with one attached hydrogen (secondary N) is 1. The van der Waals surface area contributed by atoms with Gasteiger partial charge in [-0.05, 0) is 61.6 Å². The van der Waals surface area contributed by atoms with Crippen LogP contribution in [0.5, 0.6) is 0 Å². The highest BCUT2D eigenvalue weighted by Crippen LogP contribution is 2.28. The van der Waals surface area contributed by atoms with Crippen molar-refractivity contribution in [1.82, 2.24) is 4.90 Å². The predicted octanol–water partition coefficient (Wildman–Crippen LogP) is 4.44. The molecule has 4 heteroatoms. The molecule has 1 aliphatic carbocycles. The Kier molecular flexibility index (Phi) is 6.40. The van der Waals surface area contributed by atoms with E-state index in [-0.39, 0.29) is 11.7 Å². The van der Waals surface area contributed by atoms with Gasteiger partial charge in [-0.3, -0.25) is 14.5 Å². The highest BCUT2D eigenvalue weighted by atomic mass is 16.1. The average molecular weight is 364 g/mol. The largest absolute Gasteiger partial charge is 0.326 e. The standard InChI is InChI=1S/C23H28N2O2/c1-3-18-4-6-19(7-5-18)16-25(22-12-13-22)15-14-23(27)24-21-10-8-20(9-11-21)17(2)26/h4-11,22H,3,12-16H2,1-2H3,(H,24,27). The molecule has 1 aliphatic rings. The maximum atomic E-state index is 12.3. The fourth-order valence-electron chi connectivity index (χ4n) is 3.20. The zero-order valence-corrected chi connectivity index (χ0v) is 16.2. The number of amides is 1. The number of rotatable bonds is 9. The lowest BCUT2D eigenvalue weighted by Crippen LogP contribution is -2.29. The Labute approximate surface area is 161 Å². The lowest BCUT2D eigenvalue weighted by Gasteiger charge is -2.22. The van der Waals surface area contributed by atoms with E-state index in [0.717, 1.165) is 25.2 Å². The molecule has 1 saturated carbocycles. The summed E-state index contributed by atoms with van der Waals surface area (Å²) in [6.07, 6.45) is 3.97. The van der Waals surface area contributed by atoms with Gasteiger partial charge in [-0.15, -0.1) is 0 Å². The van der Waals surface area contributed by atoms with Crippen molar-refractivity contribution in [3.8, 4) is 0 Å². The van der Waals surface area contributed by atoms with Crippen LogP contribution in [0.4, 0.5) is 5.69 Å². The highest BCUT2D eigenvalue weighted by Gasteiger charge is 2.29. The van der Waals surface area contributed by atoms with Gasteiger partial charge in [0.1, 0.15) is 0 Å². The first-order chi connectivity index (χ1) is 13.0. The molecule has 2 aromatic rings. The van der Waals surface area contributed by atoms with Gasteiger partial charge in [0.2, 0.25) is 5.91 Å². The Hall–Kier alpha value is -2.46. The summed E-state index contributed by atoms with van der Waals surface area (Å²) < 4.78 is 0. The third-order valence-corrected chi connectivity index (χ3v) is 5.08. The summed E-state index contributed by atoms with van der Waals surface area (Å²) in [4.78, 5) is 26.0. The van der Waals surface area contributed by atoms with Crippen molar-refractivity contribution in [3.63, 3.8) is 0 Å². The topological polar surface area (TPSA) is 49.4 Å². The van der Waals surface area contributed by atoms with E-state index in [4.69, 9.17) is 0 Å². The molecule has 1 fully saturated rings. The molecule has 2 aromatic carbocycles. The first-order valence-corrected chi connectivity index (χ1v) is 9.78. The number of aryl methyl sites for hydroxylation is 1. The predicted molar refractivity (Wildman–Crippen MR) is 109 cm³/mol. The van der Waals surface area contributed by atoms with E-state index in [1.807, 2.05) is 0 Å². The molecule has 27 heavy (non-hydrogen) atoms. The minimum atomic E-state index is 0.0116. The third kappa shape index (κ3) is 5.76. The van der Waals surface area contributed by atoms with Crippen molar-refractivity contribution in [2.75, 3.05) is 11.9 Å². The van der Waals surface area contributed by atoms with Crippen LogP contribution in [-0.4, -0.2) is 29.2 Å². The van der Waals surface area contributed by atoms with Crippen molar-refractivity contribution in [2.45, 2.75) is 52.1 Å². The van der Waals surface area contributed by atoms with E-state index < -0.39 is 0 Å². The summed E-state index contributed by atoms with van der Waals surface area (Å²) in [5.41, 5.74) is 4.05. The molecular weight excluding hydrogens is 336 g/mol. The first kappa shape index (κ1) is 19.3. The van der Waals surface area contributed by atoms with Crippen molar-refractivity contribution in [1.29, 1.82) is 0 Å². The zero-order valence-electron chi connectivity index (χ0n) is 16.2. The molecule has 0 spiro atoms. The SMILES string of the molecule is CCc1ccc(CN(CCC(=O)Nc2ccc(C(C)=O)cc2)C2CC2)cc1. The number of hydrogen-bond acceptors (Lipinski definition) is 3. The van der Waals surface area contributed by atoms with Crippen LogP contribution in [0, 0.1) is 0 Å². The molecule has 0 bridgehead atoms. The summed E-state index contributed by atoms with van der Waals surface area (Å²) in [5, 5.41) is 2.92. The first-order valence-electron chi connectivity index (χ1n) is 9.78. The van der Waals surface area contributed by atoms with Gasteiger partial charge in [-0.25, -0.2) is 0 Å². The van der Waals surface area contributed by atoms with Crippen LogP contribution < -0.4 is 5.32 Å². The van der Waals surface area contributed by atoms with E-state index in [1.54, 1.807) is 24.3 Å². The smallest absolute Gasteiger partial charge is 0.225 e. The van der Waals surface area contributed by atoms with Gasteiger partial charge >= 0.3 is 0 Å². The molecule has 1 N–H and O–H groups in total. The Morgan fingerprint density at radius 2 is 1.63 bits per heavy atom. The molecule has 0 atom stereocenters. The second kappa shape index (κ2) is 8.96. The van der Waals surface area contributed by atoms with E-state index in [0.29, 0.717) is 18.0 Å². The number of nitrogens with zero attached hydrogens (tertiary/aromatic N) is 1. The van der Waals surface area contributed by atoms with Crippen LogP contribution in [0.3, 0.4) is 0 Å². The van der Waals surface area contributed by atoms with Gasteiger partial charge in [0.15, 0.2) is 5.78 Å². The molecule has 3 rings (SSSR count). The number of benzene rings is 2. The van der Waals surface area contributed by atoms with Crippen LogP contribution in [0.15, 0.2) is 48.5 Å². The Balaban J connectivity index is 1.51. The average Bonchev–Trinajstić information content (AvgIpc) is 3.51. The summed E-state index contributed by atoms with van der Waals surface area (Å²) in [6, 6.07) is 16.4. The molecule has 0 radical (unpaired) electrons. The van der Waals surface area contributed by atoms with E-state index in [1.165, 1.54) is 30.9 Å². The molecule has 0 unspecified atom stereocenters. The molecule has 142 valence electrons. The van der Waals surface area contributed by atoms with Crippen LogP contribution in [0.25, 0.3) is 0 Å². The molecular formula is C23H28N2O2. The lowest BCUT2D eigenvalue weighted by molar-refractivity contribution is -0.116. The maximum absolute atomic E-state index is 12.3. The van der Waals surface area contributed by atoms with Gasteiger partial charge < -0.3 is 5.32 Å². The summed E-state index contributed by atoms with van der Waals surface area (Å²) in [7, 11) is 0. The Morgan fingerprint density at radius 3 is 2.19 bits per heavy atom. The molecule has 4 nitrogen and oxygen atoms in total. The van der Waals surface area contributed by atoms with Gasteiger partial charge in [0.05, 0.1) is 0 Å². The fraction of sp³-hybridized carbons (Fsp3) is 0.391. The molecule has 0 heterocycles. The fourth-order valence-corrected chi connectivity index (χ4v) is 3.20. The van der Waals surface area contributed by atoms with Crippen LogP contribution in [-0.2, 0) is 17.8 Å². The summed E-state index contributed by atoms with van der Waals surface area (Å²) >= 11 is 0. The minimum Gasteiger partial charge on any atom is -0.326 e. The minimum absolute atomic E-state index is 0.0116. The van der Waals surface area contributed by atoms with E-state index in [9.17, 15) is 9.59 Å². The third-order valence-electron chi connectivity index (χ3n) is 5.08. The number of ketones is 1. The summed E-state index contributed by atoms with van der Waals surface area (Å²) in [5.74, 6) is 0.0393. The molecule has 0 aromatic heterocycles. The molecule has 0 saturated heterocycles. The highest BCUT2D eigenvalue weighted by molar-refractivity contribution is 5.95. The van der Waals surface area contributed by atoms with Crippen LogP contribution >= 0.6 is 0 Å². The number of hydrogen-bond donors (Lipinski definition) is 1. The molecule has 1 amide bonds. The Morgan fingerprint density at radius 1 is 1.00 bits per heavy atom. The monoisotopic (exact) mass is 364 g/mol. The second-order valence-corrected chi connectivity index (χ2v) is 7.30. The van der Waals surface area contributed by atoms with E-state index >= 15 is 0 Å². The summed E-state index contributed by atoms with van der Waals surface area (Å²) in [6.45, 7) is 5.36. The maximum Gasteiger partial charge on any atom is 0.225 e. The van der Waals surface area contributed by atoms with Crippen molar-refractivity contribution in [3.05, 3.63) is 65.2 Å². The van der Waals surface area contributed by atoms with Gasteiger partial charge in [-0.1, -0.05) is 31.2 Å². The van der Waals surface area contributed by atoms with Crippen molar-refractivity contribution in [2.24, 2.45) is 0 Å². The van der Waals surface area contributed by atoms with Gasteiger partial charge in [-0.2, -0.15) is 0 Å². The number of Topliss-reactive ketones (excluding diaryl/α,β-unsaturated/α-hetero) is 1. The molecule has 0 aliphatic heterocycles.